The van der Waals surface area contributed by atoms with Crippen LogP contribution in [0.2, 0.25) is 0 Å². The summed E-state index contributed by atoms with van der Waals surface area (Å²) in [5, 5.41) is 6.31. The Labute approximate surface area is 166 Å². The first-order valence-electron chi connectivity index (χ1n) is 10.5. The fourth-order valence-corrected chi connectivity index (χ4v) is 4.22. The number of sulfonamides is 1. The molecule has 1 aliphatic carbocycles. The zero-order valence-electron chi connectivity index (χ0n) is 17.9. The molecule has 160 valence electrons. The van der Waals surface area contributed by atoms with Gasteiger partial charge in [-0.15, -0.1) is 0 Å². The summed E-state index contributed by atoms with van der Waals surface area (Å²) in [5.41, 5.74) is 0. The van der Waals surface area contributed by atoms with Crippen molar-refractivity contribution in [1.82, 2.24) is 20.3 Å². The normalized spacial score (nSPS) is 16.2. The molecule has 0 heterocycles. The van der Waals surface area contributed by atoms with E-state index in [2.05, 4.69) is 52.9 Å². The van der Waals surface area contributed by atoms with Crippen molar-refractivity contribution < 1.29 is 8.42 Å². The predicted octanol–water partition coefficient (Wildman–Crippen LogP) is 1.77. The van der Waals surface area contributed by atoms with Gasteiger partial charge in [0.25, 0.3) is 0 Å². The third-order valence-corrected chi connectivity index (χ3v) is 6.34. The number of hydrogen-bond acceptors (Lipinski definition) is 4. The van der Waals surface area contributed by atoms with Crippen LogP contribution < -0.4 is 15.4 Å². The van der Waals surface area contributed by atoms with Crippen LogP contribution in [0, 0.1) is 5.92 Å². The average Bonchev–Trinajstić information content (AvgIpc) is 2.52. The Kier molecular flexibility index (Phi) is 11.3. The molecule has 7 nitrogen and oxygen atoms in total. The summed E-state index contributed by atoms with van der Waals surface area (Å²) in [6.07, 6.45) is 4.49. The molecule has 1 saturated carbocycles. The molecule has 0 radical (unpaired) electrons. The molecule has 3 N–H and O–H groups in total. The molecule has 0 aromatic carbocycles. The maximum absolute atomic E-state index is 12.1. The number of nitrogens with zero attached hydrogens (tertiary/aromatic N) is 2. The largest absolute Gasteiger partial charge is 0.357 e. The van der Waals surface area contributed by atoms with Crippen molar-refractivity contribution in [2.24, 2.45) is 10.9 Å². The van der Waals surface area contributed by atoms with Gasteiger partial charge in [-0.3, -0.25) is 9.89 Å². The van der Waals surface area contributed by atoms with E-state index in [1.54, 1.807) is 0 Å². The molecule has 0 aliphatic heterocycles. The first kappa shape index (κ1) is 24.2. The second kappa shape index (κ2) is 12.6. The Hall–Kier alpha value is -0.860. The highest BCUT2D eigenvalue weighted by atomic mass is 32.2. The van der Waals surface area contributed by atoms with Gasteiger partial charge in [0.2, 0.25) is 10.0 Å². The van der Waals surface area contributed by atoms with E-state index in [1.165, 1.54) is 6.42 Å². The monoisotopic (exact) mass is 403 g/mol. The lowest BCUT2D eigenvalue weighted by Crippen LogP contribution is -2.42. The van der Waals surface area contributed by atoms with Gasteiger partial charge < -0.3 is 10.6 Å². The standard InChI is InChI=1S/C19H41N5O2S/c1-6-20-19(21-11-8-13-24(16(2)3)17(4)5)22-12-14-27(25,26)23-15-18-9-7-10-18/h16-18,23H,6-15H2,1-5H3,(H2,20,21,22). The molecule has 1 rings (SSSR count). The molecule has 8 heteroatoms. The number of nitrogens with one attached hydrogen (secondary N) is 3. The summed E-state index contributed by atoms with van der Waals surface area (Å²) in [6.45, 7) is 14.3. The lowest BCUT2D eigenvalue weighted by atomic mass is 9.86. The van der Waals surface area contributed by atoms with Crippen LogP contribution in [0.4, 0.5) is 0 Å². The minimum absolute atomic E-state index is 0.0681. The second-order valence-electron chi connectivity index (χ2n) is 7.93. The molecule has 1 fully saturated rings. The van der Waals surface area contributed by atoms with E-state index in [1.807, 2.05) is 6.92 Å². The molecule has 0 saturated heterocycles. The van der Waals surface area contributed by atoms with Gasteiger partial charge in [-0.1, -0.05) is 6.42 Å². The summed E-state index contributed by atoms with van der Waals surface area (Å²) >= 11 is 0. The highest BCUT2D eigenvalue weighted by Gasteiger charge is 2.20. The smallest absolute Gasteiger partial charge is 0.213 e. The molecule has 0 amide bonds. The van der Waals surface area contributed by atoms with Gasteiger partial charge in [0.15, 0.2) is 5.96 Å². The molecule has 0 spiro atoms. The van der Waals surface area contributed by atoms with E-state index in [4.69, 9.17) is 0 Å². The number of guanidine groups is 1. The molecular formula is C19H41N5O2S. The third kappa shape index (κ3) is 10.3. The Morgan fingerprint density at radius 2 is 1.81 bits per heavy atom. The Bertz CT molecular complexity index is 522. The molecule has 27 heavy (non-hydrogen) atoms. The van der Waals surface area contributed by atoms with Gasteiger partial charge >= 0.3 is 0 Å². The van der Waals surface area contributed by atoms with Crippen molar-refractivity contribution in [2.45, 2.75) is 72.4 Å². The van der Waals surface area contributed by atoms with Gasteiger partial charge in [-0.25, -0.2) is 13.1 Å². The van der Waals surface area contributed by atoms with Gasteiger partial charge in [0.05, 0.1) is 5.75 Å². The minimum Gasteiger partial charge on any atom is -0.357 e. The van der Waals surface area contributed by atoms with Crippen molar-refractivity contribution in [3.8, 4) is 0 Å². The van der Waals surface area contributed by atoms with Crippen molar-refractivity contribution >= 4 is 16.0 Å². The zero-order chi connectivity index (χ0) is 20.3. The van der Waals surface area contributed by atoms with Crippen LogP contribution in [0.5, 0.6) is 0 Å². The molecule has 0 aromatic heterocycles. The van der Waals surface area contributed by atoms with E-state index in [0.29, 0.717) is 37.1 Å². The molecule has 0 bridgehead atoms. The Morgan fingerprint density at radius 1 is 1.15 bits per heavy atom. The topological polar surface area (TPSA) is 85.8 Å². The number of rotatable bonds is 13. The first-order chi connectivity index (χ1) is 12.7. The fourth-order valence-electron chi connectivity index (χ4n) is 3.22. The van der Waals surface area contributed by atoms with Crippen molar-refractivity contribution in [3.63, 3.8) is 0 Å². The molecular weight excluding hydrogens is 362 g/mol. The van der Waals surface area contributed by atoms with Crippen molar-refractivity contribution in [3.05, 3.63) is 0 Å². The predicted molar refractivity (Wildman–Crippen MR) is 115 cm³/mol. The fraction of sp³-hybridized carbons (Fsp3) is 0.947. The van der Waals surface area contributed by atoms with Crippen molar-refractivity contribution in [1.29, 1.82) is 0 Å². The maximum Gasteiger partial charge on any atom is 0.213 e. The molecule has 0 unspecified atom stereocenters. The summed E-state index contributed by atoms with van der Waals surface area (Å²) < 4.78 is 26.8. The second-order valence-corrected chi connectivity index (χ2v) is 9.86. The molecule has 0 aromatic rings. The van der Waals surface area contributed by atoms with Crippen LogP contribution >= 0.6 is 0 Å². The van der Waals surface area contributed by atoms with Crippen LogP contribution in [-0.2, 0) is 10.0 Å². The first-order valence-corrected chi connectivity index (χ1v) is 12.2. The minimum atomic E-state index is -3.22. The summed E-state index contributed by atoms with van der Waals surface area (Å²) in [6, 6.07) is 1.05. The zero-order valence-corrected chi connectivity index (χ0v) is 18.7. The lowest BCUT2D eigenvalue weighted by molar-refractivity contribution is 0.174. The number of aliphatic imine (C=N–C) groups is 1. The SMILES string of the molecule is CCNC(=NCCCN(C(C)C)C(C)C)NCCS(=O)(=O)NCC1CCC1. The highest BCUT2D eigenvalue weighted by Crippen LogP contribution is 2.25. The molecule has 1 aliphatic rings. The van der Waals surface area contributed by atoms with Crippen LogP contribution in [-0.4, -0.2) is 69.8 Å². The quantitative estimate of drug-likeness (QED) is 0.248. The third-order valence-electron chi connectivity index (χ3n) is 5.00. The summed E-state index contributed by atoms with van der Waals surface area (Å²) in [7, 11) is -3.22. The van der Waals surface area contributed by atoms with E-state index in [0.717, 1.165) is 38.9 Å². The van der Waals surface area contributed by atoms with E-state index >= 15 is 0 Å². The number of hydrogen-bond donors (Lipinski definition) is 3. The van der Waals surface area contributed by atoms with E-state index in [-0.39, 0.29) is 5.75 Å². The highest BCUT2D eigenvalue weighted by molar-refractivity contribution is 7.89. The Balaban J connectivity index is 2.33. The average molecular weight is 404 g/mol. The van der Waals surface area contributed by atoms with E-state index < -0.39 is 10.0 Å². The lowest BCUT2D eigenvalue weighted by Gasteiger charge is -2.30. The summed E-state index contributed by atoms with van der Waals surface area (Å²) in [4.78, 5) is 7.03. The van der Waals surface area contributed by atoms with Crippen molar-refractivity contribution in [2.75, 3.05) is 38.5 Å². The maximum atomic E-state index is 12.1. The van der Waals surface area contributed by atoms with Gasteiger partial charge in [-0.05, 0) is 59.8 Å². The van der Waals surface area contributed by atoms with Crippen LogP contribution in [0.1, 0.15) is 60.3 Å². The van der Waals surface area contributed by atoms with Gasteiger partial charge in [-0.2, -0.15) is 0 Å². The summed E-state index contributed by atoms with van der Waals surface area (Å²) in [5.74, 6) is 1.29. The van der Waals surface area contributed by atoms with Crippen LogP contribution in [0.3, 0.4) is 0 Å². The molecule has 0 atom stereocenters. The van der Waals surface area contributed by atoms with Gasteiger partial charge in [0.1, 0.15) is 0 Å². The van der Waals surface area contributed by atoms with Crippen LogP contribution in [0.25, 0.3) is 0 Å². The van der Waals surface area contributed by atoms with E-state index in [9.17, 15) is 8.42 Å². The van der Waals surface area contributed by atoms with Gasteiger partial charge in [0, 0.05) is 44.8 Å². The Morgan fingerprint density at radius 3 is 2.33 bits per heavy atom. The van der Waals surface area contributed by atoms with Crippen LogP contribution in [0.15, 0.2) is 4.99 Å².